The molecule has 2 N–H and O–H groups in total. The first-order chi connectivity index (χ1) is 13.6. The lowest BCUT2D eigenvalue weighted by Gasteiger charge is -2.28. The van der Waals surface area contributed by atoms with E-state index in [-0.39, 0.29) is 10.7 Å². The second-order valence-corrected chi connectivity index (χ2v) is 9.85. The Morgan fingerprint density at radius 3 is 2.62 bits per heavy atom. The molecular formula is C19H22ClN5O3S. The van der Waals surface area contributed by atoms with E-state index in [1.807, 2.05) is 18.2 Å². The first kappa shape index (κ1) is 19.8. The van der Waals surface area contributed by atoms with Crippen molar-refractivity contribution in [1.29, 1.82) is 0 Å². The van der Waals surface area contributed by atoms with Gasteiger partial charge in [-0.3, -0.25) is 18.9 Å². The van der Waals surface area contributed by atoms with Crippen LogP contribution in [0.1, 0.15) is 30.7 Å². The molecule has 1 aromatic carbocycles. The highest BCUT2D eigenvalue weighted by Crippen LogP contribution is 2.40. The van der Waals surface area contributed by atoms with Crippen LogP contribution in [0.2, 0.25) is 5.15 Å². The standard InChI is InChI=1S/C19H22ClN5O3S/c1-24-19(26)17-14(10-16(20)22-18(17)23-24)21-13-8-7-12(11-5-4-6-11)9-15(13)25(2)29(3,27)28/h7-11H,4-6H2,1-3H3,(H2,21,22,23). The SMILES string of the molecule is CN(c1cc(C2CCC2)ccc1Nc1cc(Cl)nc2[nH]n(C)c(=O)c12)S(C)(=O)=O. The van der Waals surface area contributed by atoms with Crippen molar-refractivity contribution in [2.45, 2.75) is 25.2 Å². The molecule has 1 aliphatic carbocycles. The van der Waals surface area contributed by atoms with Gasteiger partial charge in [-0.05, 0) is 42.5 Å². The molecule has 29 heavy (non-hydrogen) atoms. The average molecular weight is 436 g/mol. The van der Waals surface area contributed by atoms with Gasteiger partial charge in [-0.2, -0.15) is 0 Å². The molecule has 0 atom stereocenters. The topological polar surface area (TPSA) is 100 Å². The van der Waals surface area contributed by atoms with Crippen LogP contribution in [0.5, 0.6) is 0 Å². The van der Waals surface area contributed by atoms with Crippen LogP contribution >= 0.6 is 11.6 Å². The van der Waals surface area contributed by atoms with Crippen molar-refractivity contribution >= 4 is 49.7 Å². The quantitative estimate of drug-likeness (QED) is 0.599. The summed E-state index contributed by atoms with van der Waals surface area (Å²) in [7, 11) is -0.360. The van der Waals surface area contributed by atoms with Crippen molar-refractivity contribution in [1.82, 2.24) is 14.8 Å². The lowest BCUT2D eigenvalue weighted by molar-refractivity contribution is 0.420. The molecule has 4 rings (SSSR count). The van der Waals surface area contributed by atoms with E-state index in [4.69, 9.17) is 11.6 Å². The zero-order chi connectivity index (χ0) is 20.9. The number of H-pyrrole nitrogens is 1. The number of aromatic nitrogens is 3. The van der Waals surface area contributed by atoms with E-state index in [9.17, 15) is 13.2 Å². The monoisotopic (exact) mass is 435 g/mol. The Morgan fingerprint density at radius 2 is 2.00 bits per heavy atom. The Balaban J connectivity index is 1.85. The minimum absolute atomic E-state index is 0.214. The second kappa shape index (κ2) is 7.07. The van der Waals surface area contributed by atoms with Gasteiger partial charge in [-0.15, -0.1) is 0 Å². The molecule has 3 aromatic rings. The molecule has 10 heteroatoms. The van der Waals surface area contributed by atoms with Crippen molar-refractivity contribution in [3.8, 4) is 0 Å². The largest absolute Gasteiger partial charge is 0.353 e. The van der Waals surface area contributed by atoms with E-state index < -0.39 is 10.0 Å². The molecule has 2 aromatic heterocycles. The van der Waals surface area contributed by atoms with E-state index >= 15 is 0 Å². The highest BCUT2D eigenvalue weighted by Gasteiger charge is 2.24. The summed E-state index contributed by atoms with van der Waals surface area (Å²) < 4.78 is 27.0. The lowest BCUT2D eigenvalue weighted by atomic mass is 9.80. The number of sulfonamides is 1. The Hall–Kier alpha value is -2.52. The van der Waals surface area contributed by atoms with Crippen molar-refractivity contribution in [3.05, 3.63) is 45.3 Å². The van der Waals surface area contributed by atoms with Gasteiger partial charge >= 0.3 is 0 Å². The highest BCUT2D eigenvalue weighted by molar-refractivity contribution is 7.92. The van der Waals surface area contributed by atoms with Crippen molar-refractivity contribution < 1.29 is 8.42 Å². The average Bonchev–Trinajstić information content (AvgIpc) is 2.87. The van der Waals surface area contributed by atoms with Crippen LogP contribution in [0.3, 0.4) is 0 Å². The Kier molecular flexibility index (Phi) is 4.82. The molecule has 1 fully saturated rings. The van der Waals surface area contributed by atoms with Crippen LogP contribution < -0.4 is 15.2 Å². The summed E-state index contributed by atoms with van der Waals surface area (Å²) in [5.41, 5.74) is 2.76. The Labute approximate surface area is 173 Å². The highest BCUT2D eigenvalue weighted by atomic mass is 35.5. The molecule has 0 spiro atoms. The summed E-state index contributed by atoms with van der Waals surface area (Å²) in [6.45, 7) is 0. The maximum Gasteiger partial charge on any atom is 0.277 e. The van der Waals surface area contributed by atoms with Crippen molar-refractivity contribution in [2.24, 2.45) is 7.05 Å². The molecule has 2 heterocycles. The molecule has 0 unspecified atom stereocenters. The zero-order valence-electron chi connectivity index (χ0n) is 16.4. The van der Waals surface area contributed by atoms with Crippen LogP contribution in [-0.2, 0) is 17.1 Å². The van der Waals surface area contributed by atoms with Gasteiger partial charge in [0.2, 0.25) is 10.0 Å². The first-order valence-corrected chi connectivity index (χ1v) is 11.5. The van der Waals surface area contributed by atoms with Crippen molar-refractivity contribution in [3.63, 3.8) is 0 Å². The number of halogens is 1. The van der Waals surface area contributed by atoms with Crippen LogP contribution in [-0.4, -0.2) is 36.5 Å². The predicted molar refractivity (Wildman–Crippen MR) is 116 cm³/mol. The van der Waals surface area contributed by atoms with E-state index in [2.05, 4.69) is 15.4 Å². The van der Waals surface area contributed by atoms with Crippen LogP contribution in [0.15, 0.2) is 29.1 Å². The summed E-state index contributed by atoms with van der Waals surface area (Å²) in [5, 5.41) is 6.63. The first-order valence-electron chi connectivity index (χ1n) is 9.25. The fourth-order valence-electron chi connectivity index (χ4n) is 3.52. The van der Waals surface area contributed by atoms with Gasteiger partial charge in [-0.25, -0.2) is 13.4 Å². The number of hydrogen-bond acceptors (Lipinski definition) is 5. The maximum absolute atomic E-state index is 12.5. The number of nitrogens with zero attached hydrogens (tertiary/aromatic N) is 3. The van der Waals surface area contributed by atoms with Crippen LogP contribution in [0.4, 0.5) is 17.1 Å². The minimum atomic E-state index is -3.47. The molecule has 0 bridgehead atoms. The second-order valence-electron chi connectivity index (χ2n) is 7.45. The summed E-state index contributed by atoms with van der Waals surface area (Å²) in [4.78, 5) is 16.7. The minimum Gasteiger partial charge on any atom is -0.353 e. The molecule has 0 amide bonds. The predicted octanol–water partition coefficient (Wildman–Crippen LogP) is 3.32. The smallest absolute Gasteiger partial charge is 0.277 e. The van der Waals surface area contributed by atoms with Gasteiger partial charge < -0.3 is 5.32 Å². The zero-order valence-corrected chi connectivity index (χ0v) is 17.9. The molecule has 0 saturated heterocycles. The van der Waals surface area contributed by atoms with Gasteiger partial charge in [0.05, 0.1) is 23.3 Å². The molecular weight excluding hydrogens is 414 g/mol. The van der Waals surface area contributed by atoms with E-state index in [0.29, 0.717) is 34.0 Å². The number of pyridine rings is 1. The van der Waals surface area contributed by atoms with Gasteiger partial charge in [0.15, 0.2) is 5.65 Å². The Bertz CT molecular complexity index is 1260. The third kappa shape index (κ3) is 3.60. The molecule has 8 nitrogen and oxygen atoms in total. The van der Waals surface area contributed by atoms with E-state index in [1.54, 1.807) is 13.1 Å². The van der Waals surface area contributed by atoms with Gasteiger partial charge in [0.1, 0.15) is 10.5 Å². The number of hydrogen-bond donors (Lipinski definition) is 2. The normalized spacial score (nSPS) is 14.8. The number of aromatic amines is 1. The van der Waals surface area contributed by atoms with Gasteiger partial charge in [0.25, 0.3) is 5.56 Å². The lowest BCUT2D eigenvalue weighted by Crippen LogP contribution is -2.26. The van der Waals surface area contributed by atoms with E-state index in [1.165, 1.54) is 22.5 Å². The van der Waals surface area contributed by atoms with Crippen LogP contribution in [0, 0.1) is 0 Å². The van der Waals surface area contributed by atoms with Crippen molar-refractivity contribution in [2.75, 3.05) is 22.9 Å². The third-order valence-corrected chi connectivity index (χ3v) is 6.87. The molecule has 0 aliphatic heterocycles. The summed E-state index contributed by atoms with van der Waals surface area (Å²) >= 11 is 6.13. The summed E-state index contributed by atoms with van der Waals surface area (Å²) in [5.74, 6) is 0.454. The number of nitrogens with one attached hydrogen (secondary N) is 2. The Morgan fingerprint density at radius 1 is 1.28 bits per heavy atom. The van der Waals surface area contributed by atoms with Crippen LogP contribution in [0.25, 0.3) is 11.0 Å². The summed E-state index contributed by atoms with van der Waals surface area (Å²) in [6.07, 6.45) is 4.56. The summed E-state index contributed by atoms with van der Waals surface area (Å²) in [6, 6.07) is 7.31. The van der Waals surface area contributed by atoms with Gasteiger partial charge in [0, 0.05) is 14.1 Å². The molecule has 1 saturated carbocycles. The number of fused-ring (bicyclic) bond motifs is 1. The number of anilines is 3. The fraction of sp³-hybridized carbons (Fsp3) is 0.368. The third-order valence-electron chi connectivity index (χ3n) is 5.48. The number of benzene rings is 1. The molecule has 0 radical (unpaired) electrons. The van der Waals surface area contributed by atoms with Gasteiger partial charge in [-0.1, -0.05) is 24.1 Å². The van der Waals surface area contributed by atoms with E-state index in [0.717, 1.165) is 24.7 Å². The fourth-order valence-corrected chi connectivity index (χ4v) is 4.22. The molecule has 154 valence electrons. The number of rotatable bonds is 5. The maximum atomic E-state index is 12.5. The molecule has 1 aliphatic rings. The number of aryl methyl sites for hydroxylation is 1.